The Kier molecular flexibility index (Phi) is 7.36. The van der Waals surface area contributed by atoms with Crippen LogP contribution in [0.15, 0.2) is 24.3 Å². The number of nitrogens with two attached hydrogens (primary N) is 1. The number of ether oxygens (including phenoxy) is 1. The van der Waals surface area contributed by atoms with Crippen LogP contribution in [0.5, 0.6) is 5.75 Å². The molecule has 0 aromatic heterocycles. The van der Waals surface area contributed by atoms with Gasteiger partial charge in [-0.25, -0.2) is 13.2 Å². The maximum Gasteiger partial charge on any atom is 0.268 e. The zero-order valence-electron chi connectivity index (χ0n) is 18.3. The van der Waals surface area contributed by atoms with E-state index in [2.05, 4.69) is 5.73 Å². The fourth-order valence-electron chi connectivity index (χ4n) is 3.39. The van der Waals surface area contributed by atoms with Crippen molar-refractivity contribution >= 4 is 18.0 Å². The second-order valence-electron chi connectivity index (χ2n) is 8.64. The predicted octanol–water partition coefficient (Wildman–Crippen LogP) is 4.42. The van der Waals surface area contributed by atoms with Gasteiger partial charge in [0.15, 0.2) is 29.3 Å². The van der Waals surface area contributed by atoms with Crippen LogP contribution >= 0.6 is 0 Å². The van der Waals surface area contributed by atoms with Crippen LogP contribution in [0.3, 0.4) is 0 Å². The lowest BCUT2D eigenvalue weighted by atomic mass is 9.85. The average Bonchev–Trinajstić information content (AvgIpc) is 2.66. The number of primary amides is 1. The van der Waals surface area contributed by atoms with Crippen LogP contribution in [0.2, 0.25) is 0 Å². The van der Waals surface area contributed by atoms with Crippen LogP contribution < -0.4 is 15.4 Å². The quantitative estimate of drug-likeness (QED) is 0.724. The van der Waals surface area contributed by atoms with Gasteiger partial charge in [-0.2, -0.15) is 0 Å². The standard InChI is InChI=1S/C22H24F3NO2.CH3NO/c1-12-8-18-20(19(25)15(12)10-22(3,4)5)28-13(2)21(27)26(18)11-14-6-7-16(23)17(24)9-14;2-1-3/h6-9,13H,10-11H2,1-5H3;1H,(H2,2,3)/t13-;/m1./s1. The third-order valence-electron chi connectivity index (χ3n) is 4.76. The van der Waals surface area contributed by atoms with Gasteiger partial charge in [0.25, 0.3) is 5.91 Å². The van der Waals surface area contributed by atoms with E-state index in [1.54, 1.807) is 19.9 Å². The summed E-state index contributed by atoms with van der Waals surface area (Å²) in [5.41, 5.74) is 6.03. The number of benzene rings is 2. The van der Waals surface area contributed by atoms with Crippen LogP contribution in [-0.4, -0.2) is 18.4 Å². The maximum atomic E-state index is 15.3. The molecule has 1 heterocycles. The molecule has 0 bridgehead atoms. The van der Waals surface area contributed by atoms with Crippen molar-refractivity contribution < 1.29 is 27.5 Å². The van der Waals surface area contributed by atoms with Crippen LogP contribution in [0.4, 0.5) is 18.9 Å². The predicted molar refractivity (Wildman–Crippen MR) is 112 cm³/mol. The Hall–Kier alpha value is -3.03. The lowest BCUT2D eigenvalue weighted by molar-refractivity contribution is -0.125. The summed E-state index contributed by atoms with van der Waals surface area (Å²) in [6.45, 7) is 9.40. The van der Waals surface area contributed by atoms with Crippen molar-refractivity contribution in [2.45, 2.75) is 53.7 Å². The number of halogens is 3. The van der Waals surface area contributed by atoms with E-state index in [0.29, 0.717) is 28.8 Å². The fourth-order valence-corrected chi connectivity index (χ4v) is 3.39. The number of nitrogens with zero attached hydrogens (tertiary/aromatic N) is 1. The number of amides is 2. The van der Waals surface area contributed by atoms with Crippen molar-refractivity contribution in [2.75, 3.05) is 4.90 Å². The van der Waals surface area contributed by atoms with Gasteiger partial charge in [-0.3, -0.25) is 9.59 Å². The average molecular weight is 436 g/mol. The van der Waals surface area contributed by atoms with E-state index in [1.807, 2.05) is 20.8 Å². The summed E-state index contributed by atoms with van der Waals surface area (Å²) in [5.74, 6) is -2.76. The first-order valence-electron chi connectivity index (χ1n) is 9.79. The molecule has 2 amide bonds. The van der Waals surface area contributed by atoms with E-state index in [0.717, 1.165) is 12.1 Å². The first-order valence-corrected chi connectivity index (χ1v) is 9.79. The molecule has 31 heavy (non-hydrogen) atoms. The number of rotatable bonds is 3. The molecule has 2 aromatic rings. The van der Waals surface area contributed by atoms with E-state index in [-0.39, 0.29) is 30.0 Å². The second kappa shape index (κ2) is 9.41. The lowest BCUT2D eigenvalue weighted by Gasteiger charge is -2.34. The number of hydrogen-bond acceptors (Lipinski definition) is 3. The molecule has 168 valence electrons. The molecule has 0 saturated carbocycles. The van der Waals surface area contributed by atoms with Gasteiger partial charge in [-0.1, -0.05) is 26.8 Å². The topological polar surface area (TPSA) is 72.6 Å². The third kappa shape index (κ3) is 5.57. The van der Waals surface area contributed by atoms with Crippen LogP contribution in [-0.2, 0) is 22.6 Å². The molecule has 0 fully saturated rings. The molecule has 0 saturated heterocycles. The minimum atomic E-state index is -0.991. The highest BCUT2D eigenvalue weighted by Gasteiger charge is 2.35. The highest BCUT2D eigenvalue weighted by atomic mass is 19.2. The second-order valence-corrected chi connectivity index (χ2v) is 8.64. The van der Waals surface area contributed by atoms with E-state index in [9.17, 15) is 13.6 Å². The number of anilines is 1. The van der Waals surface area contributed by atoms with Crippen LogP contribution in [0.1, 0.15) is 44.4 Å². The molecule has 2 N–H and O–H groups in total. The molecule has 1 aliphatic rings. The monoisotopic (exact) mass is 436 g/mol. The van der Waals surface area contributed by atoms with Crippen molar-refractivity contribution in [1.82, 2.24) is 0 Å². The van der Waals surface area contributed by atoms with Crippen molar-refractivity contribution in [1.29, 1.82) is 0 Å². The molecule has 5 nitrogen and oxygen atoms in total. The van der Waals surface area contributed by atoms with Gasteiger partial charge >= 0.3 is 0 Å². The smallest absolute Gasteiger partial charge is 0.268 e. The summed E-state index contributed by atoms with van der Waals surface area (Å²) in [6.07, 6.45) is -0.107. The Labute approximate surface area is 180 Å². The summed E-state index contributed by atoms with van der Waals surface area (Å²) < 4.78 is 47.7. The zero-order chi connectivity index (χ0) is 23.5. The summed E-state index contributed by atoms with van der Waals surface area (Å²) in [5, 5.41) is 0. The first kappa shape index (κ1) is 24.2. The minimum Gasteiger partial charge on any atom is -0.476 e. The molecule has 1 atom stereocenters. The molecule has 1 aliphatic heterocycles. The maximum absolute atomic E-state index is 15.3. The lowest BCUT2D eigenvalue weighted by Crippen LogP contribution is -2.44. The summed E-state index contributed by atoms with van der Waals surface area (Å²) in [7, 11) is 0. The molecule has 0 unspecified atom stereocenters. The van der Waals surface area contributed by atoms with Gasteiger partial charge in [0, 0.05) is 0 Å². The van der Waals surface area contributed by atoms with Gasteiger partial charge in [-0.05, 0) is 60.6 Å². The largest absolute Gasteiger partial charge is 0.476 e. The van der Waals surface area contributed by atoms with Gasteiger partial charge < -0.3 is 15.4 Å². The van der Waals surface area contributed by atoms with Gasteiger partial charge in [0.2, 0.25) is 6.41 Å². The summed E-state index contributed by atoms with van der Waals surface area (Å²) >= 11 is 0. The molecule has 0 spiro atoms. The zero-order valence-corrected chi connectivity index (χ0v) is 18.3. The normalized spacial score (nSPS) is 15.5. The first-order chi connectivity index (χ1) is 14.4. The Morgan fingerprint density at radius 1 is 1.16 bits per heavy atom. The third-order valence-corrected chi connectivity index (χ3v) is 4.76. The van der Waals surface area contributed by atoms with Gasteiger partial charge in [0.1, 0.15) is 0 Å². The highest BCUT2D eigenvalue weighted by molar-refractivity contribution is 6.00. The van der Waals surface area contributed by atoms with Gasteiger partial charge in [0.05, 0.1) is 12.2 Å². The Bertz CT molecular complexity index is 987. The molecule has 0 radical (unpaired) electrons. The Balaban J connectivity index is 0.00000107. The Morgan fingerprint density at radius 3 is 2.32 bits per heavy atom. The molecule has 3 rings (SSSR count). The minimum absolute atomic E-state index is 0.00572. The number of hydrogen-bond donors (Lipinski definition) is 1. The SMILES string of the molecule is Cc1cc2c(c(F)c1CC(C)(C)C)O[C@H](C)C(=O)N2Cc1ccc(F)c(F)c1.NC=O. The number of fused-ring (bicyclic) bond motifs is 1. The molecule has 2 aromatic carbocycles. The summed E-state index contributed by atoms with van der Waals surface area (Å²) in [4.78, 5) is 22.6. The van der Waals surface area contributed by atoms with E-state index in [4.69, 9.17) is 9.53 Å². The molecular weight excluding hydrogens is 409 g/mol. The van der Waals surface area contributed by atoms with Crippen molar-refractivity contribution in [3.63, 3.8) is 0 Å². The highest BCUT2D eigenvalue weighted by Crippen LogP contribution is 2.41. The number of carbonyl (C=O) groups excluding carboxylic acids is 2. The van der Waals surface area contributed by atoms with Crippen molar-refractivity contribution in [3.05, 3.63) is 58.4 Å². The van der Waals surface area contributed by atoms with E-state index < -0.39 is 23.6 Å². The number of aryl methyl sites for hydroxylation is 1. The number of carbonyl (C=O) groups is 2. The fraction of sp³-hybridized carbons (Fsp3) is 0.391. The summed E-state index contributed by atoms with van der Waals surface area (Å²) in [6, 6.07) is 5.18. The van der Waals surface area contributed by atoms with E-state index in [1.165, 1.54) is 11.0 Å². The molecule has 8 heteroatoms. The van der Waals surface area contributed by atoms with Crippen molar-refractivity contribution in [2.24, 2.45) is 11.1 Å². The molecular formula is C23H27F3N2O3. The molecule has 0 aliphatic carbocycles. The van der Waals surface area contributed by atoms with Crippen LogP contribution in [0, 0.1) is 29.8 Å². The van der Waals surface area contributed by atoms with Crippen molar-refractivity contribution in [3.8, 4) is 5.75 Å². The van der Waals surface area contributed by atoms with Gasteiger partial charge in [-0.15, -0.1) is 0 Å². The Morgan fingerprint density at radius 2 is 1.77 bits per heavy atom. The van der Waals surface area contributed by atoms with E-state index >= 15 is 4.39 Å². The van der Waals surface area contributed by atoms with Crippen LogP contribution in [0.25, 0.3) is 0 Å².